The summed E-state index contributed by atoms with van der Waals surface area (Å²) in [5.41, 5.74) is 7.36. The van der Waals surface area contributed by atoms with Gasteiger partial charge in [0, 0.05) is 13.2 Å². The molecule has 0 aromatic carbocycles. The van der Waals surface area contributed by atoms with E-state index in [1.54, 1.807) is 13.3 Å². The third-order valence-electron chi connectivity index (χ3n) is 3.76. The number of hydrogen-bond acceptors (Lipinski definition) is 5. The van der Waals surface area contributed by atoms with Crippen molar-refractivity contribution in [3.8, 4) is 5.75 Å². The Hall–Kier alpha value is -1.11. The van der Waals surface area contributed by atoms with Crippen LogP contribution >= 0.6 is 0 Å². The lowest BCUT2D eigenvalue weighted by Gasteiger charge is -2.28. The van der Waals surface area contributed by atoms with Crippen molar-refractivity contribution in [3.63, 3.8) is 0 Å². The number of nitrogens with two attached hydrogens (primary N) is 1. The van der Waals surface area contributed by atoms with Gasteiger partial charge in [-0.25, -0.2) is 0 Å². The largest absolute Gasteiger partial charge is 0.493 e. The van der Waals surface area contributed by atoms with E-state index in [1.807, 2.05) is 18.8 Å². The van der Waals surface area contributed by atoms with E-state index in [-0.39, 0.29) is 12.1 Å². The van der Waals surface area contributed by atoms with Crippen LogP contribution in [0.15, 0.2) is 6.20 Å². The summed E-state index contributed by atoms with van der Waals surface area (Å²) in [5.74, 6) is 0.755. The molecule has 20 heavy (non-hydrogen) atoms. The van der Waals surface area contributed by atoms with Crippen molar-refractivity contribution >= 4 is 0 Å². The summed E-state index contributed by atoms with van der Waals surface area (Å²) in [7, 11) is 5.75. The highest BCUT2D eigenvalue weighted by Gasteiger charge is 2.28. The molecule has 2 atom stereocenters. The second-order valence-electron chi connectivity index (χ2n) is 5.56. The highest BCUT2D eigenvalue weighted by Crippen LogP contribution is 2.30. The number of aromatic nitrogens is 2. The van der Waals surface area contributed by atoms with Crippen molar-refractivity contribution in [2.45, 2.75) is 38.0 Å². The minimum absolute atomic E-state index is 0.0625. The summed E-state index contributed by atoms with van der Waals surface area (Å²) in [6.07, 6.45) is 5.11. The molecule has 1 aromatic rings. The van der Waals surface area contributed by atoms with Crippen LogP contribution in [-0.4, -0.2) is 55.1 Å². The summed E-state index contributed by atoms with van der Waals surface area (Å²) in [6, 6.07) is -0.185. The first-order chi connectivity index (χ1) is 9.63. The first-order valence-electron chi connectivity index (χ1n) is 7.25. The number of nitrogens with zero attached hydrogens (tertiary/aromatic N) is 3. The minimum atomic E-state index is -0.185. The first-order valence-corrected chi connectivity index (χ1v) is 7.25. The molecule has 2 heterocycles. The molecule has 1 aliphatic heterocycles. The summed E-state index contributed by atoms with van der Waals surface area (Å²) in [6.45, 7) is 2.51. The van der Waals surface area contributed by atoms with Crippen LogP contribution in [0.4, 0.5) is 0 Å². The van der Waals surface area contributed by atoms with Crippen LogP contribution in [0.3, 0.4) is 0 Å². The minimum Gasteiger partial charge on any atom is -0.493 e. The van der Waals surface area contributed by atoms with Gasteiger partial charge in [-0.1, -0.05) is 0 Å². The molecule has 6 nitrogen and oxygen atoms in total. The average Bonchev–Trinajstić information content (AvgIpc) is 2.88. The normalized spacial score (nSPS) is 21.1. The lowest BCUT2D eigenvalue weighted by Crippen LogP contribution is -2.34. The van der Waals surface area contributed by atoms with Gasteiger partial charge in [0.15, 0.2) is 5.75 Å². The van der Waals surface area contributed by atoms with Gasteiger partial charge in [-0.05, 0) is 33.4 Å². The third kappa shape index (κ3) is 3.50. The monoisotopic (exact) mass is 282 g/mol. The topological polar surface area (TPSA) is 65.5 Å². The average molecular weight is 282 g/mol. The van der Waals surface area contributed by atoms with E-state index in [2.05, 4.69) is 10.00 Å². The van der Waals surface area contributed by atoms with E-state index in [1.165, 1.54) is 6.42 Å². The number of methoxy groups -OCH3 is 1. The highest BCUT2D eigenvalue weighted by molar-refractivity contribution is 5.29. The van der Waals surface area contributed by atoms with E-state index < -0.39 is 0 Å². The molecule has 114 valence electrons. The maximum atomic E-state index is 6.42. The smallest absolute Gasteiger partial charge is 0.161 e. The van der Waals surface area contributed by atoms with E-state index in [0.29, 0.717) is 0 Å². The van der Waals surface area contributed by atoms with Crippen LogP contribution in [-0.2, 0) is 11.3 Å². The van der Waals surface area contributed by atoms with E-state index in [4.69, 9.17) is 15.2 Å². The molecule has 0 bridgehead atoms. The van der Waals surface area contributed by atoms with Crippen molar-refractivity contribution in [3.05, 3.63) is 11.9 Å². The zero-order valence-electron chi connectivity index (χ0n) is 12.7. The molecule has 2 N–H and O–H groups in total. The fraction of sp³-hybridized carbons (Fsp3) is 0.786. The van der Waals surface area contributed by atoms with Crippen LogP contribution in [0.1, 0.15) is 31.0 Å². The third-order valence-corrected chi connectivity index (χ3v) is 3.76. The van der Waals surface area contributed by atoms with Crippen molar-refractivity contribution in [2.24, 2.45) is 5.73 Å². The maximum Gasteiger partial charge on any atom is 0.161 e. The molecule has 2 unspecified atom stereocenters. The Balaban J connectivity index is 2.16. The molecule has 2 rings (SSSR count). The molecule has 6 heteroatoms. The highest BCUT2D eigenvalue weighted by atomic mass is 16.5. The Kier molecular flexibility index (Phi) is 5.39. The van der Waals surface area contributed by atoms with E-state index in [0.717, 1.165) is 44.0 Å². The van der Waals surface area contributed by atoms with Crippen LogP contribution in [0.25, 0.3) is 0 Å². The van der Waals surface area contributed by atoms with Crippen molar-refractivity contribution in [1.82, 2.24) is 14.7 Å². The van der Waals surface area contributed by atoms with E-state index >= 15 is 0 Å². The predicted molar refractivity (Wildman–Crippen MR) is 77.9 cm³/mol. The molecule has 1 aromatic heterocycles. The van der Waals surface area contributed by atoms with Crippen molar-refractivity contribution < 1.29 is 9.47 Å². The zero-order chi connectivity index (χ0) is 14.5. The summed E-state index contributed by atoms with van der Waals surface area (Å²) in [4.78, 5) is 2.13. The molecule has 0 aliphatic carbocycles. The lowest BCUT2D eigenvalue weighted by molar-refractivity contribution is -0.00208. The zero-order valence-corrected chi connectivity index (χ0v) is 12.7. The van der Waals surface area contributed by atoms with Gasteiger partial charge in [-0.3, -0.25) is 4.68 Å². The van der Waals surface area contributed by atoms with Crippen LogP contribution in [0.2, 0.25) is 0 Å². The molecule has 0 amide bonds. The Morgan fingerprint density at radius 3 is 2.95 bits per heavy atom. The number of hydrogen-bond donors (Lipinski definition) is 1. The summed E-state index contributed by atoms with van der Waals surface area (Å²) >= 11 is 0. The maximum absolute atomic E-state index is 6.42. The second kappa shape index (κ2) is 7.06. The number of rotatable bonds is 6. The van der Waals surface area contributed by atoms with Gasteiger partial charge in [0.05, 0.1) is 37.7 Å². The molecule has 0 saturated carbocycles. The Morgan fingerprint density at radius 2 is 2.35 bits per heavy atom. The Bertz CT molecular complexity index is 413. The molecule has 1 aliphatic rings. The van der Waals surface area contributed by atoms with Gasteiger partial charge in [0.25, 0.3) is 0 Å². The van der Waals surface area contributed by atoms with Crippen LogP contribution < -0.4 is 10.5 Å². The van der Waals surface area contributed by atoms with Gasteiger partial charge in [0.1, 0.15) is 0 Å². The second-order valence-corrected chi connectivity index (χ2v) is 5.56. The van der Waals surface area contributed by atoms with Gasteiger partial charge in [-0.2, -0.15) is 5.10 Å². The molecule has 1 saturated heterocycles. The lowest BCUT2D eigenvalue weighted by atomic mass is 10.00. The standard InChI is InChI=1S/C14H26N4O2/c1-17(2)7-8-18-14(12(19-3)10-16-18)13(15)11-6-4-5-9-20-11/h10-11,13H,4-9,15H2,1-3H3. The molecular weight excluding hydrogens is 256 g/mol. The van der Waals surface area contributed by atoms with Crippen LogP contribution in [0, 0.1) is 0 Å². The fourth-order valence-corrected chi connectivity index (χ4v) is 2.57. The fourth-order valence-electron chi connectivity index (χ4n) is 2.57. The Labute approximate surface area is 120 Å². The molecule has 0 radical (unpaired) electrons. The number of likely N-dealkylation sites (N-methyl/N-ethyl adjacent to an activating group) is 1. The molecular formula is C14H26N4O2. The predicted octanol–water partition coefficient (Wildman–Crippen LogP) is 1.02. The SMILES string of the molecule is COc1cnn(CCN(C)C)c1C(N)C1CCCCO1. The van der Waals surface area contributed by atoms with Crippen LogP contribution in [0.5, 0.6) is 5.75 Å². The van der Waals surface area contributed by atoms with Gasteiger partial charge >= 0.3 is 0 Å². The Morgan fingerprint density at radius 1 is 1.55 bits per heavy atom. The molecule has 1 fully saturated rings. The van der Waals surface area contributed by atoms with Gasteiger partial charge in [0.2, 0.25) is 0 Å². The van der Waals surface area contributed by atoms with Crippen molar-refractivity contribution in [1.29, 1.82) is 0 Å². The summed E-state index contributed by atoms with van der Waals surface area (Å²) in [5, 5.41) is 4.40. The van der Waals surface area contributed by atoms with Gasteiger partial charge < -0.3 is 20.1 Å². The molecule has 0 spiro atoms. The van der Waals surface area contributed by atoms with Gasteiger partial charge in [-0.15, -0.1) is 0 Å². The quantitative estimate of drug-likeness (QED) is 0.844. The van der Waals surface area contributed by atoms with Crippen molar-refractivity contribution in [2.75, 3.05) is 34.4 Å². The summed E-state index contributed by atoms with van der Waals surface area (Å²) < 4.78 is 13.2. The number of ether oxygens (including phenoxy) is 2. The first kappa shape index (κ1) is 15.3. The van der Waals surface area contributed by atoms with E-state index in [9.17, 15) is 0 Å².